The lowest BCUT2D eigenvalue weighted by molar-refractivity contribution is -0.384. The van der Waals surface area contributed by atoms with E-state index in [0.29, 0.717) is 17.7 Å². The number of methoxy groups -OCH3 is 1. The van der Waals surface area contributed by atoms with Crippen molar-refractivity contribution in [2.75, 3.05) is 26.0 Å². The van der Waals surface area contributed by atoms with Crippen LogP contribution in [0.25, 0.3) is 0 Å². The number of carbonyl (C=O) groups is 1. The maximum absolute atomic E-state index is 13.7. The molecule has 26 heavy (non-hydrogen) atoms. The number of nitrogens with zero attached hydrogens (tertiary/aromatic N) is 2. The van der Waals surface area contributed by atoms with Gasteiger partial charge in [0.15, 0.2) is 11.6 Å². The molecule has 0 aliphatic heterocycles. The fourth-order valence-corrected chi connectivity index (χ4v) is 2.57. The maximum atomic E-state index is 13.7. The Kier molecular flexibility index (Phi) is 6.24. The zero-order valence-electron chi connectivity index (χ0n) is 14.8. The molecule has 1 amide bonds. The van der Waals surface area contributed by atoms with Crippen molar-refractivity contribution in [1.82, 2.24) is 4.90 Å². The molecule has 0 aliphatic rings. The van der Waals surface area contributed by atoms with Gasteiger partial charge in [0.2, 0.25) is 5.91 Å². The summed E-state index contributed by atoms with van der Waals surface area (Å²) in [7, 11) is 3.09. The summed E-state index contributed by atoms with van der Waals surface area (Å²) < 4.78 is 18.6. The van der Waals surface area contributed by atoms with E-state index in [2.05, 4.69) is 5.32 Å². The van der Waals surface area contributed by atoms with Gasteiger partial charge < -0.3 is 10.1 Å². The second kappa shape index (κ2) is 8.39. The molecule has 0 saturated heterocycles. The minimum atomic E-state index is -0.535. The van der Waals surface area contributed by atoms with E-state index in [1.54, 1.807) is 37.1 Å². The number of hydrogen-bond donors (Lipinski definition) is 1. The molecular formula is C18H20FN3O4. The fourth-order valence-electron chi connectivity index (χ4n) is 2.57. The second-order valence-corrected chi connectivity index (χ2v) is 5.92. The molecule has 0 aliphatic carbocycles. The number of likely N-dealkylation sites (N-methyl/N-ethyl adjacent to an activating group) is 1. The molecule has 2 rings (SSSR count). The monoisotopic (exact) mass is 361 g/mol. The van der Waals surface area contributed by atoms with Crippen LogP contribution in [0.15, 0.2) is 36.4 Å². The predicted molar refractivity (Wildman–Crippen MR) is 95.7 cm³/mol. The van der Waals surface area contributed by atoms with E-state index in [4.69, 9.17) is 4.74 Å². The number of halogens is 1. The predicted octanol–water partition coefficient (Wildman–Crippen LogP) is 3.12. The molecule has 0 atom stereocenters. The van der Waals surface area contributed by atoms with Gasteiger partial charge in [0.1, 0.15) is 5.69 Å². The number of hydrogen-bond acceptors (Lipinski definition) is 5. The quantitative estimate of drug-likeness (QED) is 0.605. The standard InChI is InChI=1S/C18H20FN3O4/c1-12-5-4-6-15(22(24)25)18(12)20-17(23)11-21(2)10-13-7-8-16(26-3)14(19)9-13/h4-9H,10-11H2,1-3H3,(H,20,23). The third-order valence-corrected chi connectivity index (χ3v) is 3.79. The number of aryl methyl sites for hydroxylation is 1. The van der Waals surface area contributed by atoms with Gasteiger partial charge >= 0.3 is 0 Å². The molecule has 7 nitrogen and oxygen atoms in total. The Bertz CT molecular complexity index is 826. The zero-order valence-corrected chi connectivity index (χ0v) is 14.8. The van der Waals surface area contributed by atoms with Crippen LogP contribution >= 0.6 is 0 Å². The van der Waals surface area contributed by atoms with Crippen LogP contribution in [0.1, 0.15) is 11.1 Å². The highest BCUT2D eigenvalue weighted by Gasteiger charge is 2.18. The third-order valence-electron chi connectivity index (χ3n) is 3.79. The van der Waals surface area contributed by atoms with E-state index in [9.17, 15) is 19.3 Å². The SMILES string of the molecule is COc1ccc(CN(C)CC(=O)Nc2c(C)cccc2[N+](=O)[O-])cc1F. The first-order valence-electron chi connectivity index (χ1n) is 7.86. The van der Waals surface area contributed by atoms with E-state index in [-0.39, 0.29) is 29.6 Å². The Morgan fingerprint density at radius 2 is 2.08 bits per heavy atom. The maximum Gasteiger partial charge on any atom is 0.293 e. The van der Waals surface area contributed by atoms with Crippen LogP contribution in [-0.2, 0) is 11.3 Å². The summed E-state index contributed by atoms with van der Waals surface area (Å²) in [4.78, 5) is 24.5. The summed E-state index contributed by atoms with van der Waals surface area (Å²) in [5.41, 5.74) is 1.32. The van der Waals surface area contributed by atoms with Gasteiger partial charge in [0.05, 0.1) is 18.6 Å². The number of rotatable bonds is 7. The van der Waals surface area contributed by atoms with Crippen LogP contribution in [0.5, 0.6) is 5.75 Å². The van der Waals surface area contributed by atoms with Crippen LogP contribution in [-0.4, -0.2) is 36.4 Å². The van der Waals surface area contributed by atoms with Crippen molar-refractivity contribution >= 4 is 17.3 Å². The Morgan fingerprint density at radius 3 is 2.69 bits per heavy atom. The van der Waals surface area contributed by atoms with E-state index in [1.807, 2.05) is 0 Å². The molecule has 0 heterocycles. The molecule has 0 saturated carbocycles. The largest absolute Gasteiger partial charge is 0.494 e. The van der Waals surface area contributed by atoms with Gasteiger partial charge in [-0.25, -0.2) is 4.39 Å². The number of benzene rings is 2. The zero-order chi connectivity index (χ0) is 19.3. The van der Waals surface area contributed by atoms with Crippen LogP contribution < -0.4 is 10.1 Å². The van der Waals surface area contributed by atoms with Crippen molar-refractivity contribution < 1.29 is 18.8 Å². The van der Waals surface area contributed by atoms with Gasteiger partial charge in [-0.2, -0.15) is 0 Å². The number of carbonyl (C=O) groups excluding carboxylic acids is 1. The lowest BCUT2D eigenvalue weighted by atomic mass is 10.1. The second-order valence-electron chi connectivity index (χ2n) is 5.92. The normalized spacial score (nSPS) is 10.7. The summed E-state index contributed by atoms with van der Waals surface area (Å²) in [5.74, 6) is -0.710. The molecule has 0 radical (unpaired) electrons. The van der Waals surface area contributed by atoms with Gasteiger partial charge in [-0.3, -0.25) is 19.8 Å². The molecule has 0 bridgehead atoms. The minimum absolute atomic E-state index is 0.000856. The third kappa shape index (κ3) is 4.76. The molecule has 1 N–H and O–H groups in total. The number of para-hydroxylation sites is 1. The van der Waals surface area contributed by atoms with Crippen molar-refractivity contribution in [2.24, 2.45) is 0 Å². The van der Waals surface area contributed by atoms with Crippen molar-refractivity contribution in [3.8, 4) is 5.75 Å². The Labute approximate surface area is 150 Å². The molecule has 0 fully saturated rings. The van der Waals surface area contributed by atoms with Crippen LogP contribution in [0.2, 0.25) is 0 Å². The number of nitrogens with one attached hydrogen (secondary N) is 1. The van der Waals surface area contributed by atoms with Gasteiger partial charge in [-0.05, 0) is 37.2 Å². The number of nitro groups is 1. The number of ether oxygens (including phenoxy) is 1. The number of amides is 1. The Hall–Kier alpha value is -3.00. The lowest BCUT2D eigenvalue weighted by Crippen LogP contribution is -2.30. The number of nitro benzene ring substituents is 1. The molecule has 0 aromatic heterocycles. The summed E-state index contributed by atoms with van der Waals surface area (Å²) >= 11 is 0. The molecule has 0 unspecified atom stereocenters. The van der Waals surface area contributed by atoms with Crippen molar-refractivity contribution in [1.29, 1.82) is 0 Å². The Morgan fingerprint density at radius 1 is 1.35 bits per heavy atom. The summed E-state index contributed by atoms with van der Waals surface area (Å²) in [6, 6.07) is 9.17. The highest BCUT2D eigenvalue weighted by molar-refractivity contribution is 5.95. The average molecular weight is 361 g/mol. The lowest BCUT2D eigenvalue weighted by Gasteiger charge is -2.17. The first kappa shape index (κ1) is 19.3. The number of anilines is 1. The van der Waals surface area contributed by atoms with Crippen molar-refractivity contribution in [3.05, 3.63) is 63.5 Å². The molecule has 138 valence electrons. The summed E-state index contributed by atoms with van der Waals surface area (Å²) in [6.07, 6.45) is 0. The minimum Gasteiger partial charge on any atom is -0.494 e. The molecule has 2 aromatic rings. The van der Waals surface area contributed by atoms with E-state index in [0.717, 1.165) is 0 Å². The van der Waals surface area contributed by atoms with Crippen LogP contribution in [0, 0.1) is 22.9 Å². The van der Waals surface area contributed by atoms with E-state index >= 15 is 0 Å². The van der Waals surface area contributed by atoms with Gasteiger partial charge in [-0.15, -0.1) is 0 Å². The summed E-state index contributed by atoms with van der Waals surface area (Å²) in [6.45, 7) is 2.02. The van der Waals surface area contributed by atoms with Crippen molar-refractivity contribution in [2.45, 2.75) is 13.5 Å². The van der Waals surface area contributed by atoms with E-state index in [1.165, 1.54) is 25.3 Å². The first-order chi connectivity index (χ1) is 12.3. The van der Waals surface area contributed by atoms with Gasteiger partial charge in [0, 0.05) is 12.6 Å². The topological polar surface area (TPSA) is 84.7 Å². The highest BCUT2D eigenvalue weighted by Crippen LogP contribution is 2.27. The molecular weight excluding hydrogens is 341 g/mol. The highest BCUT2D eigenvalue weighted by atomic mass is 19.1. The van der Waals surface area contributed by atoms with Crippen molar-refractivity contribution in [3.63, 3.8) is 0 Å². The fraction of sp³-hybridized carbons (Fsp3) is 0.278. The molecule has 2 aromatic carbocycles. The van der Waals surface area contributed by atoms with Crippen LogP contribution in [0.3, 0.4) is 0 Å². The molecule has 0 spiro atoms. The van der Waals surface area contributed by atoms with Crippen LogP contribution in [0.4, 0.5) is 15.8 Å². The molecule has 8 heteroatoms. The van der Waals surface area contributed by atoms with E-state index < -0.39 is 10.7 Å². The smallest absolute Gasteiger partial charge is 0.293 e. The van der Waals surface area contributed by atoms with Gasteiger partial charge in [0.25, 0.3) is 5.69 Å². The Balaban J connectivity index is 2.02. The average Bonchev–Trinajstić information content (AvgIpc) is 2.56. The van der Waals surface area contributed by atoms with Gasteiger partial charge in [-0.1, -0.05) is 18.2 Å². The first-order valence-corrected chi connectivity index (χ1v) is 7.86. The summed E-state index contributed by atoms with van der Waals surface area (Å²) in [5, 5.41) is 13.7.